The molecule has 34 heavy (non-hydrogen) atoms. The summed E-state index contributed by atoms with van der Waals surface area (Å²) < 4.78 is 1.97. The molecule has 1 aromatic carbocycles. The second-order valence-corrected chi connectivity index (χ2v) is 9.12. The highest BCUT2D eigenvalue weighted by molar-refractivity contribution is 6.00. The average molecular weight is 452 g/mol. The minimum atomic E-state index is 0.281. The van der Waals surface area contributed by atoms with Gasteiger partial charge in [0.25, 0.3) is 0 Å². The number of aromatic nitrogens is 4. The zero-order valence-electron chi connectivity index (χ0n) is 18.8. The summed E-state index contributed by atoms with van der Waals surface area (Å²) in [5.41, 5.74) is 5.39. The second-order valence-electron chi connectivity index (χ2n) is 9.12. The van der Waals surface area contributed by atoms with Gasteiger partial charge in [0.2, 0.25) is 0 Å². The van der Waals surface area contributed by atoms with E-state index in [0.29, 0.717) is 18.1 Å². The highest BCUT2D eigenvalue weighted by Gasteiger charge is 2.28. The van der Waals surface area contributed by atoms with Gasteiger partial charge in [0.05, 0.1) is 22.8 Å². The van der Waals surface area contributed by atoms with Crippen molar-refractivity contribution in [1.82, 2.24) is 19.6 Å². The van der Waals surface area contributed by atoms with Crippen molar-refractivity contribution in [2.75, 3.05) is 24.6 Å². The first-order valence-electron chi connectivity index (χ1n) is 11.8. The second kappa shape index (κ2) is 8.75. The molecule has 0 spiro atoms. The highest BCUT2D eigenvalue weighted by atomic mass is 16.6. The minimum absolute atomic E-state index is 0.281. The van der Waals surface area contributed by atoms with Crippen LogP contribution in [0.25, 0.3) is 16.6 Å². The minimum Gasteiger partial charge on any atom is -0.395 e. The predicted molar refractivity (Wildman–Crippen MR) is 130 cm³/mol. The Kier molecular flexibility index (Phi) is 5.30. The fraction of sp³-hybridized carbons (Fsp3) is 0.346. The summed E-state index contributed by atoms with van der Waals surface area (Å²) in [6, 6.07) is 16.1. The van der Waals surface area contributed by atoms with Gasteiger partial charge in [-0.1, -0.05) is 11.2 Å². The van der Waals surface area contributed by atoms with E-state index in [9.17, 15) is 5.26 Å². The number of hydrogen-bond donors (Lipinski definition) is 0. The molecule has 1 saturated heterocycles. The lowest BCUT2D eigenvalue weighted by atomic mass is 9.89. The molecule has 0 radical (unpaired) electrons. The Hall–Kier alpha value is -3.99. The number of nitriles is 1. The van der Waals surface area contributed by atoms with E-state index in [1.54, 1.807) is 6.33 Å². The molecular formula is C26H25N7O. The lowest BCUT2D eigenvalue weighted by Gasteiger charge is -2.34. The third-order valence-corrected chi connectivity index (χ3v) is 6.82. The summed E-state index contributed by atoms with van der Waals surface area (Å²) in [6.45, 7) is 2.44. The van der Waals surface area contributed by atoms with Crippen molar-refractivity contribution in [2.24, 2.45) is 17.0 Å². The zero-order valence-corrected chi connectivity index (χ0v) is 18.8. The van der Waals surface area contributed by atoms with Gasteiger partial charge in [0, 0.05) is 42.3 Å². The Balaban J connectivity index is 1.28. The molecule has 8 heteroatoms. The summed E-state index contributed by atoms with van der Waals surface area (Å²) in [5.74, 6) is 0.942. The normalized spacial score (nSPS) is 17.3. The first-order valence-corrected chi connectivity index (χ1v) is 11.8. The third-order valence-electron chi connectivity index (χ3n) is 6.82. The van der Waals surface area contributed by atoms with Gasteiger partial charge in [-0.05, 0) is 61.9 Å². The van der Waals surface area contributed by atoms with Crippen molar-refractivity contribution in [3.63, 3.8) is 0 Å². The highest BCUT2D eigenvalue weighted by Crippen LogP contribution is 2.33. The van der Waals surface area contributed by atoms with Gasteiger partial charge >= 0.3 is 0 Å². The monoisotopic (exact) mass is 451 g/mol. The van der Waals surface area contributed by atoms with Crippen LogP contribution in [0, 0.1) is 23.2 Å². The van der Waals surface area contributed by atoms with Crippen LogP contribution in [0.2, 0.25) is 0 Å². The van der Waals surface area contributed by atoms with Gasteiger partial charge < -0.3 is 9.74 Å². The van der Waals surface area contributed by atoms with Crippen LogP contribution in [0.15, 0.2) is 60.1 Å². The molecule has 0 bridgehead atoms. The summed E-state index contributed by atoms with van der Waals surface area (Å²) >= 11 is 0. The Morgan fingerprint density at radius 1 is 1.12 bits per heavy atom. The number of nitrogens with zero attached hydrogens (tertiary/aromatic N) is 7. The number of pyridine rings is 2. The number of piperidine rings is 1. The maximum atomic E-state index is 9.46. The van der Waals surface area contributed by atoms with Crippen LogP contribution in [0.3, 0.4) is 0 Å². The first-order chi connectivity index (χ1) is 16.8. The van der Waals surface area contributed by atoms with E-state index in [1.807, 2.05) is 47.0 Å². The van der Waals surface area contributed by atoms with E-state index in [2.05, 4.69) is 37.4 Å². The number of fused-ring (bicyclic) bond motifs is 3. The number of oxime groups is 1. The van der Waals surface area contributed by atoms with Crippen LogP contribution < -0.4 is 4.90 Å². The van der Waals surface area contributed by atoms with Crippen LogP contribution in [-0.2, 0) is 4.84 Å². The van der Waals surface area contributed by atoms with E-state index in [0.717, 1.165) is 59.6 Å². The molecule has 170 valence electrons. The summed E-state index contributed by atoms with van der Waals surface area (Å²) in [6.07, 6.45) is 7.90. The molecule has 8 nitrogen and oxygen atoms in total. The van der Waals surface area contributed by atoms with Gasteiger partial charge in [-0.15, -0.1) is 10.2 Å². The molecule has 0 atom stereocenters. The topological polar surface area (TPSA) is 91.7 Å². The smallest absolute Gasteiger partial charge is 0.163 e. The molecule has 0 unspecified atom stereocenters. The van der Waals surface area contributed by atoms with Crippen molar-refractivity contribution in [3.05, 3.63) is 66.2 Å². The fourth-order valence-corrected chi connectivity index (χ4v) is 4.75. The summed E-state index contributed by atoms with van der Waals surface area (Å²) in [4.78, 5) is 12.7. The van der Waals surface area contributed by atoms with Gasteiger partial charge in [-0.2, -0.15) is 5.26 Å². The van der Waals surface area contributed by atoms with Crippen LogP contribution in [-0.4, -0.2) is 45.0 Å². The zero-order chi connectivity index (χ0) is 22.9. The number of hydrogen-bond acceptors (Lipinski definition) is 7. The fourth-order valence-electron chi connectivity index (χ4n) is 4.75. The SMILES string of the molecule is N#Cc1ccc2c(c1)c(N1CCC(/C(=N/OCC3CC3)c3ccccn3)CC1)cc1nncn12. The Labute approximate surface area is 197 Å². The molecule has 0 amide bonds. The average Bonchev–Trinajstić information content (AvgIpc) is 3.60. The van der Waals surface area contributed by atoms with Crippen LogP contribution in [0.5, 0.6) is 0 Å². The van der Waals surface area contributed by atoms with Gasteiger partial charge in [0.15, 0.2) is 5.65 Å². The van der Waals surface area contributed by atoms with Crippen molar-refractivity contribution >= 4 is 27.9 Å². The van der Waals surface area contributed by atoms with Crippen LogP contribution >= 0.6 is 0 Å². The van der Waals surface area contributed by atoms with Gasteiger partial charge in [-0.3, -0.25) is 9.38 Å². The van der Waals surface area contributed by atoms with E-state index >= 15 is 0 Å². The largest absolute Gasteiger partial charge is 0.395 e. The van der Waals surface area contributed by atoms with E-state index in [4.69, 9.17) is 4.84 Å². The number of rotatable bonds is 6. The van der Waals surface area contributed by atoms with Crippen molar-refractivity contribution < 1.29 is 4.84 Å². The molecule has 2 aliphatic rings. The third kappa shape index (κ3) is 3.94. The van der Waals surface area contributed by atoms with Crippen molar-refractivity contribution in [3.8, 4) is 6.07 Å². The summed E-state index contributed by atoms with van der Waals surface area (Å²) in [7, 11) is 0. The number of benzene rings is 1. The molecule has 0 N–H and O–H groups in total. The standard InChI is InChI=1S/C26H25N7O/c27-15-19-6-7-23-21(13-19)24(14-25-30-29-17-33(23)25)32-11-8-20(9-12-32)26(22-3-1-2-10-28-22)31-34-16-18-4-5-18/h1-3,6-7,10,13-14,17-18,20H,4-5,8-9,11-12,16H2/b31-26-. The lowest BCUT2D eigenvalue weighted by Crippen LogP contribution is -2.37. The van der Waals surface area contributed by atoms with Gasteiger partial charge in [0.1, 0.15) is 18.6 Å². The van der Waals surface area contributed by atoms with Crippen molar-refractivity contribution in [1.29, 1.82) is 5.26 Å². The maximum Gasteiger partial charge on any atom is 0.163 e. The van der Waals surface area contributed by atoms with Gasteiger partial charge in [-0.25, -0.2) is 0 Å². The molecule has 3 aromatic heterocycles. The quantitative estimate of drug-likeness (QED) is 0.322. The van der Waals surface area contributed by atoms with Crippen LogP contribution in [0.4, 0.5) is 5.69 Å². The van der Waals surface area contributed by atoms with E-state index < -0.39 is 0 Å². The Morgan fingerprint density at radius 3 is 2.76 bits per heavy atom. The summed E-state index contributed by atoms with van der Waals surface area (Å²) in [5, 5.41) is 23.4. The Bertz CT molecular complexity index is 1390. The predicted octanol–water partition coefficient (Wildman–Crippen LogP) is 4.20. The molecule has 1 aliphatic carbocycles. The molecule has 4 heterocycles. The molecule has 6 rings (SSSR count). The maximum absolute atomic E-state index is 9.46. The molecule has 1 aliphatic heterocycles. The van der Waals surface area contributed by atoms with E-state index in [1.165, 1.54) is 12.8 Å². The molecule has 1 saturated carbocycles. The molecule has 2 fully saturated rings. The number of anilines is 1. The Morgan fingerprint density at radius 2 is 2.00 bits per heavy atom. The van der Waals surface area contributed by atoms with Crippen LogP contribution in [0.1, 0.15) is 36.9 Å². The molecule has 4 aromatic rings. The first kappa shape index (κ1) is 20.6. The lowest BCUT2D eigenvalue weighted by molar-refractivity contribution is 0.132. The van der Waals surface area contributed by atoms with E-state index in [-0.39, 0.29) is 5.92 Å². The molecular weight excluding hydrogens is 426 g/mol. The van der Waals surface area contributed by atoms with Crippen molar-refractivity contribution in [2.45, 2.75) is 25.7 Å².